The van der Waals surface area contributed by atoms with E-state index >= 15 is 0 Å². The molecule has 1 amide bonds. The molecular weight excluding hydrogens is 252 g/mol. The van der Waals surface area contributed by atoms with E-state index in [1.165, 1.54) is 19.8 Å². The number of ketones is 1. The van der Waals surface area contributed by atoms with Crippen LogP contribution in [-0.4, -0.2) is 22.7 Å². The van der Waals surface area contributed by atoms with Gasteiger partial charge in [0, 0.05) is 17.3 Å². The number of aromatic amines is 1. The second-order valence-corrected chi connectivity index (χ2v) is 5.55. The Morgan fingerprint density at radius 1 is 1.25 bits per heavy atom. The number of rotatable bonds is 7. The molecule has 0 aliphatic carbocycles. The molecule has 1 heterocycles. The van der Waals surface area contributed by atoms with E-state index in [0.29, 0.717) is 11.3 Å². The van der Waals surface area contributed by atoms with Gasteiger partial charge in [-0.3, -0.25) is 9.59 Å². The number of carbonyl (C=O) groups is 2. The van der Waals surface area contributed by atoms with E-state index in [1.54, 1.807) is 0 Å². The van der Waals surface area contributed by atoms with Gasteiger partial charge in [-0.1, -0.05) is 26.2 Å². The predicted molar refractivity (Wildman–Crippen MR) is 81.3 cm³/mol. The molecule has 1 aromatic rings. The Morgan fingerprint density at radius 2 is 1.90 bits per heavy atom. The van der Waals surface area contributed by atoms with Crippen LogP contribution in [0.2, 0.25) is 0 Å². The van der Waals surface area contributed by atoms with E-state index in [-0.39, 0.29) is 17.7 Å². The maximum Gasteiger partial charge on any atom is 0.268 e. The number of hydrogen-bond donors (Lipinski definition) is 2. The van der Waals surface area contributed by atoms with Crippen molar-refractivity contribution in [3.05, 3.63) is 22.5 Å². The average Bonchev–Trinajstić information content (AvgIpc) is 2.65. The molecule has 4 nitrogen and oxygen atoms in total. The van der Waals surface area contributed by atoms with Crippen molar-refractivity contribution in [1.29, 1.82) is 0 Å². The number of aromatic nitrogens is 1. The molecular formula is C16H26N2O2. The van der Waals surface area contributed by atoms with Crippen molar-refractivity contribution in [2.24, 2.45) is 0 Å². The highest BCUT2D eigenvalue weighted by atomic mass is 16.2. The van der Waals surface area contributed by atoms with Gasteiger partial charge in [0.25, 0.3) is 5.91 Å². The van der Waals surface area contributed by atoms with Gasteiger partial charge in [-0.2, -0.15) is 0 Å². The Balaban J connectivity index is 2.73. The number of nitrogens with one attached hydrogen (secondary N) is 2. The lowest BCUT2D eigenvalue weighted by Gasteiger charge is -2.13. The van der Waals surface area contributed by atoms with Crippen LogP contribution >= 0.6 is 0 Å². The lowest BCUT2D eigenvalue weighted by molar-refractivity contribution is 0.0932. The molecule has 112 valence electrons. The van der Waals surface area contributed by atoms with Crippen LogP contribution in [0.4, 0.5) is 0 Å². The fraction of sp³-hybridized carbons (Fsp3) is 0.625. The number of H-pyrrole nitrogens is 1. The zero-order valence-corrected chi connectivity index (χ0v) is 13.2. The van der Waals surface area contributed by atoms with E-state index in [1.807, 2.05) is 20.8 Å². The van der Waals surface area contributed by atoms with Crippen LogP contribution < -0.4 is 5.32 Å². The number of amides is 1. The summed E-state index contributed by atoms with van der Waals surface area (Å²) >= 11 is 0. The Hall–Kier alpha value is -1.58. The van der Waals surface area contributed by atoms with Crippen molar-refractivity contribution in [2.75, 3.05) is 0 Å². The van der Waals surface area contributed by atoms with E-state index < -0.39 is 0 Å². The topological polar surface area (TPSA) is 62.0 Å². The molecule has 0 radical (unpaired) electrons. The maximum atomic E-state index is 12.2. The number of unbranched alkanes of at least 4 members (excludes halogenated alkanes) is 2. The third-order valence-electron chi connectivity index (χ3n) is 3.63. The van der Waals surface area contributed by atoms with Crippen LogP contribution in [0.3, 0.4) is 0 Å². The molecule has 0 aliphatic rings. The lowest BCUT2D eigenvalue weighted by Crippen LogP contribution is -2.33. The molecule has 1 atom stereocenters. The summed E-state index contributed by atoms with van der Waals surface area (Å²) in [4.78, 5) is 26.8. The highest BCUT2D eigenvalue weighted by Crippen LogP contribution is 2.18. The van der Waals surface area contributed by atoms with Gasteiger partial charge in [0.05, 0.1) is 0 Å². The van der Waals surface area contributed by atoms with Crippen molar-refractivity contribution >= 4 is 11.7 Å². The molecule has 0 spiro atoms. The Morgan fingerprint density at radius 3 is 2.40 bits per heavy atom. The first-order valence-electron chi connectivity index (χ1n) is 7.39. The van der Waals surface area contributed by atoms with Crippen LogP contribution in [0.25, 0.3) is 0 Å². The van der Waals surface area contributed by atoms with Gasteiger partial charge in [-0.15, -0.1) is 0 Å². The molecule has 20 heavy (non-hydrogen) atoms. The summed E-state index contributed by atoms with van der Waals surface area (Å²) in [5.74, 6) is -0.131. The highest BCUT2D eigenvalue weighted by Gasteiger charge is 2.20. The van der Waals surface area contributed by atoms with E-state index in [4.69, 9.17) is 0 Å². The Bertz CT molecular complexity index is 489. The van der Waals surface area contributed by atoms with Crippen molar-refractivity contribution < 1.29 is 9.59 Å². The fourth-order valence-electron chi connectivity index (χ4n) is 2.57. The predicted octanol–water partition coefficient (Wildman–Crippen LogP) is 3.53. The minimum atomic E-state index is -0.123. The minimum absolute atomic E-state index is 0.00806. The van der Waals surface area contributed by atoms with Crippen molar-refractivity contribution in [3.63, 3.8) is 0 Å². The summed E-state index contributed by atoms with van der Waals surface area (Å²) in [5.41, 5.74) is 2.65. The second-order valence-electron chi connectivity index (χ2n) is 5.55. The molecule has 0 bridgehead atoms. The summed E-state index contributed by atoms with van der Waals surface area (Å²) < 4.78 is 0. The smallest absolute Gasteiger partial charge is 0.268 e. The molecule has 0 fully saturated rings. The number of aryl methyl sites for hydroxylation is 1. The molecule has 2 N–H and O–H groups in total. The molecule has 1 unspecified atom stereocenters. The van der Waals surface area contributed by atoms with Gasteiger partial charge >= 0.3 is 0 Å². The number of hydrogen-bond acceptors (Lipinski definition) is 2. The second kappa shape index (κ2) is 7.27. The quantitative estimate of drug-likeness (QED) is 0.592. The maximum absolute atomic E-state index is 12.2. The van der Waals surface area contributed by atoms with E-state index in [0.717, 1.165) is 24.1 Å². The largest absolute Gasteiger partial charge is 0.354 e. The Kier molecular flexibility index (Phi) is 5.99. The molecule has 0 aromatic carbocycles. The van der Waals surface area contributed by atoms with Gasteiger partial charge in [0.2, 0.25) is 0 Å². The lowest BCUT2D eigenvalue weighted by atomic mass is 10.1. The summed E-state index contributed by atoms with van der Waals surface area (Å²) in [6, 6.07) is 0.151. The number of Topliss-reactive ketones (excluding diaryl/α,β-unsaturated/α-hetero) is 1. The molecule has 0 saturated heterocycles. The van der Waals surface area contributed by atoms with Gasteiger partial charge in [0.15, 0.2) is 5.78 Å². The van der Waals surface area contributed by atoms with Crippen molar-refractivity contribution in [3.8, 4) is 0 Å². The van der Waals surface area contributed by atoms with E-state index in [2.05, 4.69) is 17.2 Å². The SMILES string of the molecule is CCCCCC(C)NC(=O)c1[nH]c(C)c(C(C)=O)c1C. The first kappa shape index (κ1) is 16.5. The molecule has 1 aromatic heterocycles. The van der Waals surface area contributed by atoms with Gasteiger partial charge in [-0.25, -0.2) is 0 Å². The van der Waals surface area contributed by atoms with Crippen LogP contribution in [0.15, 0.2) is 0 Å². The summed E-state index contributed by atoms with van der Waals surface area (Å²) in [5, 5.41) is 2.99. The minimum Gasteiger partial charge on any atom is -0.354 e. The summed E-state index contributed by atoms with van der Waals surface area (Å²) in [7, 11) is 0. The monoisotopic (exact) mass is 278 g/mol. The first-order valence-corrected chi connectivity index (χ1v) is 7.39. The normalized spacial score (nSPS) is 12.2. The van der Waals surface area contributed by atoms with Gasteiger partial charge in [-0.05, 0) is 39.7 Å². The summed E-state index contributed by atoms with van der Waals surface area (Å²) in [6.07, 6.45) is 4.48. The van der Waals surface area contributed by atoms with Gasteiger partial charge < -0.3 is 10.3 Å². The number of carbonyl (C=O) groups excluding carboxylic acids is 2. The van der Waals surface area contributed by atoms with Crippen molar-refractivity contribution in [1.82, 2.24) is 10.3 Å². The highest BCUT2D eigenvalue weighted by molar-refractivity contribution is 6.02. The van der Waals surface area contributed by atoms with Gasteiger partial charge in [0.1, 0.15) is 5.69 Å². The zero-order valence-electron chi connectivity index (χ0n) is 13.2. The van der Waals surface area contributed by atoms with Crippen molar-refractivity contribution in [2.45, 2.75) is 66.3 Å². The molecule has 0 saturated carbocycles. The molecule has 1 rings (SSSR count). The third-order valence-corrected chi connectivity index (χ3v) is 3.63. The average molecular weight is 278 g/mol. The first-order chi connectivity index (χ1) is 9.38. The summed E-state index contributed by atoms with van der Waals surface area (Å²) in [6.45, 7) is 9.35. The van der Waals surface area contributed by atoms with Crippen LogP contribution in [0.5, 0.6) is 0 Å². The van der Waals surface area contributed by atoms with Crippen LogP contribution in [0.1, 0.15) is 78.6 Å². The van der Waals surface area contributed by atoms with Crippen LogP contribution in [-0.2, 0) is 0 Å². The Labute approximate surface area is 121 Å². The van der Waals surface area contributed by atoms with E-state index in [9.17, 15) is 9.59 Å². The van der Waals surface area contributed by atoms with Crippen LogP contribution in [0, 0.1) is 13.8 Å². The standard InChI is InChI=1S/C16H26N2O2/c1-6-7-8-9-10(2)17-16(20)15-11(3)14(13(5)19)12(4)18-15/h10,18H,6-9H2,1-5H3,(H,17,20). The molecule has 4 heteroatoms. The zero-order chi connectivity index (χ0) is 15.3. The third kappa shape index (κ3) is 3.95. The fourth-order valence-corrected chi connectivity index (χ4v) is 2.57. The molecule has 0 aliphatic heterocycles.